The van der Waals surface area contributed by atoms with Gasteiger partial charge in [0.05, 0.1) is 11.3 Å². The summed E-state index contributed by atoms with van der Waals surface area (Å²) in [7, 11) is 0. The molecular formula is C20H29NO2. The van der Waals surface area contributed by atoms with Crippen LogP contribution in [0.1, 0.15) is 88.7 Å². The standard InChI is InChI=1S/C20H29NO2/c1-7-9-19(3,4)14-11-13-16(21-18(23)17(13)22)12-15(14)20(5,6)10-8-2/h11-12H,7-10H2,1-6H3,(H,21,22,23). The van der Waals surface area contributed by atoms with E-state index in [0.717, 1.165) is 25.7 Å². The average Bonchev–Trinajstić information content (AvgIpc) is 2.72. The van der Waals surface area contributed by atoms with Gasteiger partial charge in [-0.15, -0.1) is 0 Å². The Balaban J connectivity index is 2.67. The van der Waals surface area contributed by atoms with Crippen molar-refractivity contribution in [2.24, 2.45) is 0 Å². The SMILES string of the molecule is CCCC(C)(C)c1cc2c(cc1C(C)(C)CCC)C(=O)C(=O)N2. The van der Waals surface area contributed by atoms with Gasteiger partial charge in [-0.1, -0.05) is 54.4 Å². The first-order chi connectivity index (χ1) is 10.6. The number of carbonyl (C=O) groups is 2. The highest BCUT2D eigenvalue weighted by Gasteiger charge is 2.35. The van der Waals surface area contributed by atoms with Crippen molar-refractivity contribution in [3.63, 3.8) is 0 Å². The summed E-state index contributed by atoms with van der Waals surface area (Å²) in [5, 5.41) is 2.72. The molecule has 0 aromatic heterocycles. The quantitative estimate of drug-likeness (QED) is 0.753. The summed E-state index contributed by atoms with van der Waals surface area (Å²) in [6, 6.07) is 4.01. The molecule has 3 nitrogen and oxygen atoms in total. The summed E-state index contributed by atoms with van der Waals surface area (Å²) < 4.78 is 0. The highest BCUT2D eigenvalue weighted by atomic mass is 16.2. The second kappa shape index (κ2) is 6.10. The molecule has 1 aliphatic rings. The molecule has 3 heteroatoms. The third-order valence-electron chi connectivity index (χ3n) is 5.06. The molecule has 0 saturated carbocycles. The van der Waals surface area contributed by atoms with E-state index in [4.69, 9.17) is 0 Å². The van der Waals surface area contributed by atoms with Gasteiger partial charge in [0.25, 0.3) is 11.7 Å². The summed E-state index contributed by atoms with van der Waals surface area (Å²) >= 11 is 0. The van der Waals surface area contributed by atoms with Gasteiger partial charge in [0, 0.05) is 0 Å². The molecule has 1 aromatic carbocycles. The van der Waals surface area contributed by atoms with Crippen LogP contribution in [0.4, 0.5) is 5.69 Å². The van der Waals surface area contributed by atoms with Crippen LogP contribution in [0.5, 0.6) is 0 Å². The van der Waals surface area contributed by atoms with Crippen molar-refractivity contribution in [2.75, 3.05) is 5.32 Å². The van der Waals surface area contributed by atoms with Gasteiger partial charge >= 0.3 is 0 Å². The Morgan fingerprint density at radius 1 is 0.870 bits per heavy atom. The number of fused-ring (bicyclic) bond motifs is 1. The van der Waals surface area contributed by atoms with E-state index < -0.39 is 11.7 Å². The van der Waals surface area contributed by atoms with Crippen molar-refractivity contribution in [1.29, 1.82) is 0 Å². The van der Waals surface area contributed by atoms with Crippen molar-refractivity contribution in [3.8, 4) is 0 Å². The van der Waals surface area contributed by atoms with Gasteiger partial charge in [-0.2, -0.15) is 0 Å². The van der Waals surface area contributed by atoms with Crippen LogP contribution in [0.3, 0.4) is 0 Å². The minimum absolute atomic E-state index is 0.0144. The molecule has 0 fully saturated rings. The van der Waals surface area contributed by atoms with Gasteiger partial charge in [-0.05, 0) is 46.9 Å². The van der Waals surface area contributed by atoms with Crippen molar-refractivity contribution in [3.05, 3.63) is 28.8 Å². The summed E-state index contributed by atoms with van der Waals surface area (Å²) in [6.07, 6.45) is 4.31. The number of rotatable bonds is 6. The molecule has 2 rings (SSSR count). The maximum atomic E-state index is 12.1. The predicted molar refractivity (Wildman–Crippen MR) is 95.3 cm³/mol. The Hall–Kier alpha value is -1.64. The zero-order valence-corrected chi connectivity index (χ0v) is 15.3. The maximum absolute atomic E-state index is 12.1. The Kier molecular flexibility index (Phi) is 4.70. The number of hydrogen-bond acceptors (Lipinski definition) is 2. The number of ketones is 1. The second-order valence-electron chi connectivity index (χ2n) is 7.99. The Bertz CT molecular complexity index is 641. The smallest absolute Gasteiger partial charge is 0.296 e. The van der Waals surface area contributed by atoms with Crippen LogP contribution in [-0.4, -0.2) is 11.7 Å². The Morgan fingerprint density at radius 3 is 1.83 bits per heavy atom. The lowest BCUT2D eigenvalue weighted by atomic mass is 9.69. The molecule has 1 amide bonds. The number of Topliss-reactive ketones (excluding diaryl/α,β-unsaturated/α-hetero) is 1. The summed E-state index contributed by atoms with van der Waals surface area (Å²) in [6.45, 7) is 13.3. The number of nitrogens with one attached hydrogen (secondary N) is 1. The first kappa shape index (κ1) is 17.7. The van der Waals surface area contributed by atoms with Gasteiger partial charge < -0.3 is 5.32 Å². The zero-order chi connectivity index (χ0) is 17.4. The number of amides is 1. The molecule has 0 bridgehead atoms. The predicted octanol–water partition coefficient (Wildman–Crippen LogP) is 4.98. The number of anilines is 1. The maximum Gasteiger partial charge on any atom is 0.296 e. The first-order valence-corrected chi connectivity index (χ1v) is 8.68. The highest BCUT2D eigenvalue weighted by Crippen LogP contribution is 2.42. The summed E-state index contributed by atoms with van der Waals surface area (Å²) in [4.78, 5) is 23.9. The van der Waals surface area contributed by atoms with Crippen LogP contribution in [0.15, 0.2) is 12.1 Å². The molecule has 1 heterocycles. The average molecular weight is 315 g/mol. The van der Waals surface area contributed by atoms with Gasteiger partial charge in [-0.3, -0.25) is 9.59 Å². The fraction of sp³-hybridized carbons (Fsp3) is 0.600. The van der Waals surface area contributed by atoms with Crippen molar-refractivity contribution in [2.45, 2.75) is 78.1 Å². The van der Waals surface area contributed by atoms with Crippen LogP contribution < -0.4 is 5.32 Å². The lowest BCUT2D eigenvalue weighted by Gasteiger charge is -2.35. The van der Waals surface area contributed by atoms with E-state index in [9.17, 15) is 9.59 Å². The minimum Gasteiger partial charge on any atom is -0.318 e. The molecule has 0 radical (unpaired) electrons. The van der Waals surface area contributed by atoms with Crippen molar-refractivity contribution in [1.82, 2.24) is 0 Å². The van der Waals surface area contributed by atoms with Crippen LogP contribution in [-0.2, 0) is 15.6 Å². The number of carbonyl (C=O) groups excluding carboxylic acids is 2. The lowest BCUT2D eigenvalue weighted by molar-refractivity contribution is -0.112. The second-order valence-corrected chi connectivity index (χ2v) is 7.99. The van der Waals surface area contributed by atoms with Crippen LogP contribution in [0, 0.1) is 0 Å². The molecule has 1 aromatic rings. The van der Waals surface area contributed by atoms with Crippen LogP contribution in [0.2, 0.25) is 0 Å². The van der Waals surface area contributed by atoms with Gasteiger partial charge in [-0.25, -0.2) is 0 Å². The van der Waals surface area contributed by atoms with E-state index in [0.29, 0.717) is 11.3 Å². The van der Waals surface area contributed by atoms with Gasteiger partial charge in [0.1, 0.15) is 0 Å². The molecule has 23 heavy (non-hydrogen) atoms. The molecular weight excluding hydrogens is 286 g/mol. The third-order valence-corrected chi connectivity index (χ3v) is 5.06. The molecule has 1 aliphatic heterocycles. The van der Waals surface area contributed by atoms with E-state index in [-0.39, 0.29) is 10.8 Å². The zero-order valence-electron chi connectivity index (χ0n) is 15.3. The molecule has 0 aliphatic carbocycles. The number of hydrogen-bond donors (Lipinski definition) is 1. The van der Waals surface area contributed by atoms with E-state index in [1.165, 1.54) is 11.1 Å². The van der Waals surface area contributed by atoms with E-state index in [2.05, 4.69) is 46.9 Å². The van der Waals surface area contributed by atoms with Gasteiger partial charge in [0.15, 0.2) is 0 Å². The fourth-order valence-corrected chi connectivity index (χ4v) is 3.83. The number of benzene rings is 1. The Morgan fingerprint density at radius 2 is 1.35 bits per heavy atom. The van der Waals surface area contributed by atoms with Gasteiger partial charge in [0.2, 0.25) is 0 Å². The lowest BCUT2D eigenvalue weighted by Crippen LogP contribution is -2.26. The monoisotopic (exact) mass is 315 g/mol. The molecule has 0 spiro atoms. The van der Waals surface area contributed by atoms with E-state index >= 15 is 0 Å². The molecule has 0 saturated heterocycles. The Labute approximate surface area is 139 Å². The summed E-state index contributed by atoms with van der Waals surface area (Å²) in [5.74, 6) is -0.918. The van der Waals surface area contributed by atoms with Crippen molar-refractivity contribution < 1.29 is 9.59 Å². The summed E-state index contributed by atoms with van der Waals surface area (Å²) in [5.41, 5.74) is 3.67. The third kappa shape index (κ3) is 3.19. The largest absolute Gasteiger partial charge is 0.318 e. The molecule has 1 N–H and O–H groups in total. The molecule has 126 valence electrons. The van der Waals surface area contributed by atoms with E-state index in [1.54, 1.807) is 0 Å². The highest BCUT2D eigenvalue weighted by molar-refractivity contribution is 6.51. The molecule has 0 unspecified atom stereocenters. The molecule has 0 atom stereocenters. The first-order valence-electron chi connectivity index (χ1n) is 8.68. The topological polar surface area (TPSA) is 46.2 Å². The van der Waals surface area contributed by atoms with Crippen LogP contribution >= 0.6 is 0 Å². The fourth-order valence-electron chi connectivity index (χ4n) is 3.83. The minimum atomic E-state index is -0.510. The normalized spacial score (nSPS) is 14.9. The van der Waals surface area contributed by atoms with E-state index in [1.807, 2.05) is 12.1 Å². The van der Waals surface area contributed by atoms with Crippen molar-refractivity contribution >= 4 is 17.4 Å². The van der Waals surface area contributed by atoms with Crippen LogP contribution in [0.25, 0.3) is 0 Å².